The largest absolute Gasteiger partial charge is 0.305 e. The number of hydrogen-bond acceptors (Lipinski definition) is 2. The summed E-state index contributed by atoms with van der Waals surface area (Å²) in [4.78, 5) is 6.37. The van der Waals surface area contributed by atoms with E-state index in [1.54, 1.807) is 0 Å². The summed E-state index contributed by atoms with van der Waals surface area (Å²) in [5.41, 5.74) is 8.51. The first kappa shape index (κ1) is 19.4. The predicted molar refractivity (Wildman–Crippen MR) is 131 cm³/mol. The number of nitrogens with zero attached hydrogens (tertiary/aromatic N) is 5. The number of hydrogen-bond donors (Lipinski definition) is 0. The van der Waals surface area contributed by atoms with Crippen LogP contribution in [0.2, 0.25) is 0 Å². The minimum Gasteiger partial charge on any atom is -0.305 e. The smallest absolute Gasteiger partial charge is 0.225 e. The minimum absolute atomic E-state index is 0.579. The number of thiocarbonyl (C=S) groups is 1. The van der Waals surface area contributed by atoms with Crippen molar-refractivity contribution in [3.05, 3.63) is 95.9 Å². The lowest BCUT2D eigenvalue weighted by Crippen LogP contribution is -2.59. The lowest BCUT2D eigenvalue weighted by molar-refractivity contribution is -0.456. The second kappa shape index (κ2) is 7.14. The van der Waals surface area contributed by atoms with Gasteiger partial charge in [-0.15, -0.1) is 4.81 Å². The van der Waals surface area contributed by atoms with Crippen molar-refractivity contribution < 1.29 is 4.81 Å². The topological polar surface area (TPSA) is 36.0 Å². The molecule has 0 N–H and O–H groups in total. The van der Waals surface area contributed by atoms with Crippen molar-refractivity contribution in [1.29, 1.82) is 0 Å². The second-order valence-corrected chi connectivity index (χ2v) is 9.15. The molecule has 2 heterocycles. The average Bonchev–Trinajstić information content (AvgIpc) is 3.28. The summed E-state index contributed by atoms with van der Waals surface area (Å²) in [6.45, 7) is 2.11. The van der Waals surface area contributed by atoms with Crippen LogP contribution in [0.25, 0.3) is 5.43 Å². The molecule has 1 saturated heterocycles. The minimum atomic E-state index is -0.580. The van der Waals surface area contributed by atoms with Gasteiger partial charge in [0.1, 0.15) is 11.3 Å². The predicted octanol–water partition coefficient (Wildman–Crippen LogP) is 6.67. The Morgan fingerprint density at radius 1 is 0.812 bits per heavy atom. The van der Waals surface area contributed by atoms with Crippen LogP contribution in [-0.4, -0.2) is 21.2 Å². The van der Waals surface area contributed by atoms with Crippen molar-refractivity contribution in [3.63, 3.8) is 0 Å². The van der Waals surface area contributed by atoms with Crippen molar-refractivity contribution in [2.75, 3.05) is 9.80 Å². The Kier molecular flexibility index (Phi) is 4.33. The van der Waals surface area contributed by atoms with E-state index < -0.39 is 11.3 Å². The molecule has 5 nitrogen and oxygen atoms in total. The van der Waals surface area contributed by atoms with Crippen LogP contribution in [0.5, 0.6) is 0 Å². The Morgan fingerprint density at radius 3 is 2.16 bits per heavy atom. The number of rotatable bonds is 3. The van der Waals surface area contributed by atoms with Gasteiger partial charge in [0.05, 0.1) is 0 Å². The molecule has 1 saturated carbocycles. The molecule has 0 bridgehead atoms. The van der Waals surface area contributed by atoms with E-state index in [0.717, 1.165) is 47.9 Å². The third-order valence-electron chi connectivity index (χ3n) is 6.88. The molecule has 0 unspecified atom stereocenters. The Balaban J connectivity index is 1.59. The summed E-state index contributed by atoms with van der Waals surface area (Å²) in [5, 5.41) is 6.10. The van der Waals surface area contributed by atoms with Gasteiger partial charge in [0.25, 0.3) is 0 Å². The molecule has 1 aliphatic carbocycles. The standard InChI is InChI=1S/C26H25N5S/c1-20-14-16-22(17-15-20)30-24(32)29(21-10-4-2-5-11-21)25-18-8-9-19-26(25,30)28-31(27-25)23-12-6-3-7-13-23/h2-7,10-17H,8-9,18-19H2,1H3/t25-,26+/m0/s1. The van der Waals surface area contributed by atoms with Crippen molar-refractivity contribution >= 4 is 34.4 Å². The van der Waals surface area contributed by atoms with Gasteiger partial charge in [0, 0.05) is 23.5 Å². The number of aryl methyl sites for hydroxylation is 1. The lowest BCUT2D eigenvalue weighted by Gasteiger charge is -2.48. The van der Waals surface area contributed by atoms with E-state index >= 15 is 0 Å². The molecule has 0 amide bonds. The zero-order valence-corrected chi connectivity index (χ0v) is 18.9. The van der Waals surface area contributed by atoms with E-state index in [-0.39, 0.29) is 0 Å². The average molecular weight is 440 g/mol. The van der Waals surface area contributed by atoms with Crippen LogP contribution in [-0.2, 0) is 0 Å². The third kappa shape index (κ3) is 2.59. The van der Waals surface area contributed by atoms with Gasteiger partial charge in [-0.25, -0.2) is 0 Å². The van der Waals surface area contributed by atoms with E-state index in [4.69, 9.17) is 22.8 Å². The van der Waals surface area contributed by atoms with E-state index in [2.05, 4.69) is 77.4 Å². The molecule has 0 aromatic heterocycles. The zero-order chi connectivity index (χ0) is 21.8. The summed E-state index contributed by atoms with van der Waals surface area (Å²) in [6, 6.07) is 29.2. The summed E-state index contributed by atoms with van der Waals surface area (Å²) < 4.78 is 0. The molecular weight excluding hydrogens is 414 g/mol. The first-order valence-electron chi connectivity index (χ1n) is 11.2. The molecule has 3 aromatic rings. The van der Waals surface area contributed by atoms with Crippen molar-refractivity contribution in [2.24, 2.45) is 5.11 Å². The Morgan fingerprint density at radius 2 is 1.44 bits per heavy atom. The van der Waals surface area contributed by atoms with Gasteiger partial charge in [-0.05, 0) is 56.2 Å². The maximum absolute atomic E-state index is 6.19. The van der Waals surface area contributed by atoms with Gasteiger partial charge < -0.3 is 9.80 Å². The Labute approximate surface area is 194 Å². The normalized spacial score (nSPS) is 26.4. The highest BCUT2D eigenvalue weighted by Crippen LogP contribution is 2.60. The van der Waals surface area contributed by atoms with Crippen LogP contribution in [0.1, 0.15) is 31.2 Å². The summed E-state index contributed by atoms with van der Waals surface area (Å²) in [6.07, 6.45) is 3.99. The molecular formula is C26H25N5S. The monoisotopic (exact) mass is 439 g/mol. The SMILES string of the molecule is Cc1ccc(N2C(=S)N(c3ccccc3)[C@@]34CCCC[C@@]23[N-][N+](c2ccccc2)=N4)cc1. The lowest BCUT2D eigenvalue weighted by atomic mass is 9.79. The van der Waals surface area contributed by atoms with Crippen LogP contribution < -0.4 is 9.80 Å². The first-order chi connectivity index (χ1) is 15.6. The number of anilines is 2. The van der Waals surface area contributed by atoms with Crippen molar-refractivity contribution in [2.45, 2.75) is 43.9 Å². The molecule has 2 atom stereocenters. The van der Waals surface area contributed by atoms with E-state index in [1.165, 1.54) is 5.56 Å². The third-order valence-corrected chi connectivity index (χ3v) is 7.24. The number of azo groups is 1. The van der Waals surface area contributed by atoms with Crippen LogP contribution in [0.4, 0.5) is 17.1 Å². The number of benzene rings is 3. The highest BCUT2D eigenvalue weighted by atomic mass is 32.1. The maximum atomic E-state index is 6.19. The molecule has 0 radical (unpaired) electrons. The van der Waals surface area contributed by atoms with Gasteiger partial charge in [0.15, 0.2) is 5.11 Å². The fraction of sp³-hybridized carbons (Fsp3) is 0.269. The second-order valence-electron chi connectivity index (χ2n) is 8.79. The zero-order valence-electron chi connectivity index (χ0n) is 18.1. The van der Waals surface area contributed by atoms with Crippen LogP contribution in [0.3, 0.4) is 0 Å². The Bertz CT molecular complexity index is 1190. The first-order valence-corrected chi connectivity index (χ1v) is 11.6. The van der Waals surface area contributed by atoms with Gasteiger partial charge in [-0.2, -0.15) is 10.5 Å². The number of para-hydroxylation sites is 2. The molecule has 6 rings (SSSR count). The summed E-state index contributed by atoms with van der Waals surface area (Å²) >= 11 is 6.19. The summed E-state index contributed by atoms with van der Waals surface area (Å²) in [5.74, 6) is 0. The van der Waals surface area contributed by atoms with E-state index in [9.17, 15) is 0 Å². The molecule has 160 valence electrons. The highest BCUT2D eigenvalue weighted by Gasteiger charge is 2.69. The van der Waals surface area contributed by atoms with Gasteiger partial charge in [-0.3, -0.25) is 0 Å². The van der Waals surface area contributed by atoms with E-state index in [0.29, 0.717) is 0 Å². The molecule has 6 heteroatoms. The molecule has 0 spiro atoms. The van der Waals surface area contributed by atoms with Gasteiger partial charge in [-0.1, -0.05) is 66.9 Å². The van der Waals surface area contributed by atoms with Gasteiger partial charge >= 0.3 is 0 Å². The molecule has 3 aliphatic rings. The quantitative estimate of drug-likeness (QED) is 0.338. The highest BCUT2D eigenvalue weighted by molar-refractivity contribution is 7.80. The fourth-order valence-electron chi connectivity index (χ4n) is 5.42. The van der Waals surface area contributed by atoms with Crippen LogP contribution in [0, 0.1) is 6.92 Å². The molecule has 2 fully saturated rings. The van der Waals surface area contributed by atoms with Gasteiger partial charge in [0.2, 0.25) is 5.69 Å². The van der Waals surface area contributed by atoms with E-state index in [1.807, 2.05) is 29.1 Å². The molecule has 3 aromatic carbocycles. The molecule has 32 heavy (non-hydrogen) atoms. The Hall–Kier alpha value is -3.25. The fourth-order valence-corrected chi connectivity index (χ4v) is 5.94. The van der Waals surface area contributed by atoms with Crippen molar-refractivity contribution in [3.8, 4) is 0 Å². The maximum Gasteiger partial charge on any atom is 0.225 e. The van der Waals surface area contributed by atoms with Crippen LogP contribution in [0.15, 0.2) is 90.0 Å². The molecule has 2 aliphatic heterocycles. The summed E-state index contributed by atoms with van der Waals surface area (Å²) in [7, 11) is 0. The van der Waals surface area contributed by atoms with Crippen molar-refractivity contribution in [1.82, 2.24) is 0 Å². The van der Waals surface area contributed by atoms with Crippen LogP contribution >= 0.6 is 12.2 Å².